The van der Waals surface area contributed by atoms with Crippen molar-refractivity contribution in [3.05, 3.63) is 34.3 Å². The summed E-state index contributed by atoms with van der Waals surface area (Å²) in [7, 11) is 0. The number of benzene rings is 1. The van der Waals surface area contributed by atoms with Crippen LogP contribution < -0.4 is 5.32 Å². The highest BCUT2D eigenvalue weighted by Crippen LogP contribution is 2.13. The summed E-state index contributed by atoms with van der Waals surface area (Å²) in [5.74, 6) is 6.09. The molecule has 2 heteroatoms. The van der Waals surface area contributed by atoms with Crippen LogP contribution in [0.1, 0.15) is 32.3 Å². The van der Waals surface area contributed by atoms with Gasteiger partial charge in [-0.05, 0) is 44.0 Å². The monoisotopic (exact) mass is 293 g/mol. The Balaban J connectivity index is 2.52. The van der Waals surface area contributed by atoms with Gasteiger partial charge in [-0.25, -0.2) is 0 Å². The lowest BCUT2D eigenvalue weighted by Gasteiger charge is -2.16. The molecule has 92 valence electrons. The van der Waals surface area contributed by atoms with Gasteiger partial charge >= 0.3 is 0 Å². The zero-order chi connectivity index (χ0) is 12.5. The van der Waals surface area contributed by atoms with E-state index in [1.54, 1.807) is 0 Å². The quantitative estimate of drug-likeness (QED) is 0.787. The molecule has 1 nitrogen and oxygen atoms in total. The predicted molar refractivity (Wildman–Crippen MR) is 78.0 cm³/mol. The third-order valence-corrected chi connectivity index (χ3v) is 3.21. The van der Waals surface area contributed by atoms with Crippen LogP contribution in [-0.2, 0) is 6.42 Å². The zero-order valence-electron chi connectivity index (χ0n) is 10.6. The van der Waals surface area contributed by atoms with Gasteiger partial charge in [0.1, 0.15) is 0 Å². The Bertz CT molecular complexity index is 372. The number of halogens is 1. The van der Waals surface area contributed by atoms with Crippen LogP contribution in [0.25, 0.3) is 0 Å². The molecule has 0 aliphatic heterocycles. The first kappa shape index (κ1) is 14.3. The minimum absolute atomic E-state index is 0.530. The molecule has 0 saturated heterocycles. The fraction of sp³-hybridized carbons (Fsp3) is 0.467. The lowest BCUT2D eigenvalue weighted by Crippen LogP contribution is -2.30. The van der Waals surface area contributed by atoms with Gasteiger partial charge in [0.15, 0.2) is 0 Å². The lowest BCUT2D eigenvalue weighted by molar-refractivity contribution is 0.497. The molecule has 1 N–H and O–H groups in total. The van der Waals surface area contributed by atoms with Crippen LogP contribution in [0.15, 0.2) is 28.7 Å². The van der Waals surface area contributed by atoms with Gasteiger partial charge in [0.2, 0.25) is 0 Å². The Kier molecular flexibility index (Phi) is 7.00. The van der Waals surface area contributed by atoms with Gasteiger partial charge in [0, 0.05) is 16.9 Å². The number of rotatable bonds is 6. The SMILES string of the molecule is CC#CCCC(Cc1ccc(Br)cc1)NCC. The van der Waals surface area contributed by atoms with Crippen molar-refractivity contribution in [1.29, 1.82) is 0 Å². The van der Waals surface area contributed by atoms with Crippen molar-refractivity contribution in [3.63, 3.8) is 0 Å². The maximum Gasteiger partial charge on any atom is 0.0175 e. The third kappa shape index (κ3) is 5.91. The topological polar surface area (TPSA) is 12.0 Å². The molecule has 1 rings (SSSR count). The maximum absolute atomic E-state index is 3.53. The highest BCUT2D eigenvalue weighted by atomic mass is 79.9. The van der Waals surface area contributed by atoms with Crippen LogP contribution in [0.2, 0.25) is 0 Å². The molecular weight excluding hydrogens is 274 g/mol. The van der Waals surface area contributed by atoms with Crippen LogP contribution >= 0.6 is 15.9 Å². The normalized spacial score (nSPS) is 11.7. The smallest absolute Gasteiger partial charge is 0.0175 e. The summed E-state index contributed by atoms with van der Waals surface area (Å²) in [5, 5.41) is 3.53. The summed E-state index contributed by atoms with van der Waals surface area (Å²) in [4.78, 5) is 0. The summed E-state index contributed by atoms with van der Waals surface area (Å²) in [6.45, 7) is 5.07. The van der Waals surface area contributed by atoms with E-state index in [0.717, 1.165) is 30.3 Å². The van der Waals surface area contributed by atoms with E-state index in [0.29, 0.717) is 6.04 Å². The molecule has 0 spiro atoms. The Morgan fingerprint density at radius 3 is 2.59 bits per heavy atom. The summed E-state index contributed by atoms with van der Waals surface area (Å²) < 4.78 is 1.14. The van der Waals surface area contributed by atoms with Gasteiger partial charge in [-0.2, -0.15) is 0 Å². The molecule has 1 aromatic rings. The van der Waals surface area contributed by atoms with Crippen LogP contribution in [-0.4, -0.2) is 12.6 Å². The second-order valence-electron chi connectivity index (χ2n) is 4.05. The van der Waals surface area contributed by atoms with E-state index in [1.807, 2.05) is 6.92 Å². The Hall–Kier alpha value is -0.780. The van der Waals surface area contributed by atoms with Crippen LogP contribution in [0.3, 0.4) is 0 Å². The third-order valence-electron chi connectivity index (χ3n) is 2.68. The standard InChI is InChI=1S/C15H20BrN/c1-3-5-6-7-15(17-4-2)12-13-8-10-14(16)11-9-13/h8-11,15,17H,4,6-7,12H2,1-2H3. The fourth-order valence-electron chi connectivity index (χ4n) is 1.84. The van der Waals surface area contributed by atoms with Crippen LogP contribution in [0.5, 0.6) is 0 Å². The molecule has 0 aliphatic rings. The van der Waals surface area contributed by atoms with E-state index in [2.05, 4.69) is 64.3 Å². The molecule has 1 unspecified atom stereocenters. The van der Waals surface area contributed by atoms with Crippen LogP contribution in [0.4, 0.5) is 0 Å². The van der Waals surface area contributed by atoms with Crippen LogP contribution in [0, 0.1) is 11.8 Å². The second-order valence-corrected chi connectivity index (χ2v) is 4.97. The Morgan fingerprint density at radius 2 is 2.00 bits per heavy atom. The summed E-state index contributed by atoms with van der Waals surface area (Å²) in [5.41, 5.74) is 1.38. The van der Waals surface area contributed by atoms with Gasteiger partial charge in [0.05, 0.1) is 0 Å². The van der Waals surface area contributed by atoms with Gasteiger partial charge in [-0.15, -0.1) is 11.8 Å². The van der Waals surface area contributed by atoms with Crippen molar-refractivity contribution in [2.24, 2.45) is 0 Å². The maximum atomic E-state index is 3.53. The Morgan fingerprint density at radius 1 is 1.29 bits per heavy atom. The second kappa shape index (κ2) is 8.33. The van der Waals surface area contributed by atoms with Crippen molar-refractivity contribution in [1.82, 2.24) is 5.32 Å². The molecule has 17 heavy (non-hydrogen) atoms. The molecule has 0 aliphatic carbocycles. The highest BCUT2D eigenvalue weighted by Gasteiger charge is 2.07. The van der Waals surface area contributed by atoms with E-state index in [4.69, 9.17) is 0 Å². The first-order valence-corrected chi connectivity index (χ1v) is 6.93. The van der Waals surface area contributed by atoms with Crippen molar-refractivity contribution >= 4 is 15.9 Å². The minimum Gasteiger partial charge on any atom is -0.314 e. The molecule has 0 saturated carbocycles. The molecule has 0 aromatic heterocycles. The van der Waals surface area contributed by atoms with Gasteiger partial charge in [0.25, 0.3) is 0 Å². The number of likely N-dealkylation sites (N-methyl/N-ethyl adjacent to an activating group) is 1. The van der Waals surface area contributed by atoms with E-state index in [9.17, 15) is 0 Å². The Labute approximate surface area is 113 Å². The van der Waals surface area contributed by atoms with E-state index < -0.39 is 0 Å². The molecule has 0 fully saturated rings. The van der Waals surface area contributed by atoms with Crippen molar-refractivity contribution in [2.45, 2.75) is 39.2 Å². The van der Waals surface area contributed by atoms with Gasteiger partial charge in [-0.3, -0.25) is 0 Å². The van der Waals surface area contributed by atoms with E-state index >= 15 is 0 Å². The summed E-state index contributed by atoms with van der Waals surface area (Å²) in [6.07, 6.45) is 3.17. The average molecular weight is 294 g/mol. The van der Waals surface area contributed by atoms with Crippen molar-refractivity contribution < 1.29 is 0 Å². The molecule has 0 bridgehead atoms. The van der Waals surface area contributed by atoms with E-state index in [1.165, 1.54) is 5.56 Å². The van der Waals surface area contributed by atoms with Gasteiger partial charge in [-0.1, -0.05) is 35.0 Å². The molecule has 1 atom stereocenters. The number of nitrogens with one attached hydrogen (secondary N) is 1. The summed E-state index contributed by atoms with van der Waals surface area (Å²) >= 11 is 3.46. The largest absolute Gasteiger partial charge is 0.314 e. The highest BCUT2D eigenvalue weighted by molar-refractivity contribution is 9.10. The fourth-order valence-corrected chi connectivity index (χ4v) is 2.11. The molecule has 0 radical (unpaired) electrons. The summed E-state index contributed by atoms with van der Waals surface area (Å²) in [6, 6.07) is 9.09. The van der Waals surface area contributed by atoms with Crippen molar-refractivity contribution in [2.75, 3.05) is 6.54 Å². The molecule has 0 heterocycles. The lowest BCUT2D eigenvalue weighted by atomic mass is 10.0. The molecule has 0 amide bonds. The molecule has 1 aromatic carbocycles. The van der Waals surface area contributed by atoms with E-state index in [-0.39, 0.29) is 0 Å². The number of hydrogen-bond acceptors (Lipinski definition) is 1. The number of hydrogen-bond donors (Lipinski definition) is 1. The average Bonchev–Trinajstić information content (AvgIpc) is 2.32. The minimum atomic E-state index is 0.530. The first-order chi connectivity index (χ1) is 8.26. The van der Waals surface area contributed by atoms with Gasteiger partial charge < -0.3 is 5.32 Å². The first-order valence-electron chi connectivity index (χ1n) is 6.13. The predicted octanol–water partition coefficient (Wildman–Crippen LogP) is 3.77. The zero-order valence-corrected chi connectivity index (χ0v) is 12.2. The van der Waals surface area contributed by atoms with Crippen molar-refractivity contribution in [3.8, 4) is 11.8 Å². The molecular formula is C15H20BrN.